The molecule has 1 aromatic carbocycles. The number of ether oxygens (including phenoxy) is 1. The molecule has 6 heteroatoms. The molecule has 21 heavy (non-hydrogen) atoms. The molecular weight excluding hydrogens is 293 g/mol. The molecule has 0 spiro atoms. The fourth-order valence-electron chi connectivity index (χ4n) is 1.63. The van der Waals surface area contributed by atoms with Gasteiger partial charge in [0.15, 0.2) is 0 Å². The molecule has 0 bridgehead atoms. The molecular formula is C15H14FNO3S. The van der Waals surface area contributed by atoms with Crippen molar-refractivity contribution in [2.24, 2.45) is 0 Å². The van der Waals surface area contributed by atoms with E-state index in [9.17, 15) is 14.0 Å². The molecule has 1 heterocycles. The number of halogens is 1. The summed E-state index contributed by atoms with van der Waals surface area (Å²) in [5.41, 5.74) is 0.178. The molecule has 2 rings (SSSR count). The van der Waals surface area contributed by atoms with Crippen LogP contribution in [-0.2, 0) is 4.74 Å². The van der Waals surface area contributed by atoms with Gasteiger partial charge in [-0.05, 0) is 36.1 Å². The number of esters is 1. The van der Waals surface area contributed by atoms with E-state index in [2.05, 4.69) is 5.32 Å². The summed E-state index contributed by atoms with van der Waals surface area (Å²) >= 11 is 1.37. The summed E-state index contributed by atoms with van der Waals surface area (Å²) in [4.78, 5) is 23.9. The number of hydrogen-bond acceptors (Lipinski definition) is 4. The van der Waals surface area contributed by atoms with Gasteiger partial charge in [-0.25, -0.2) is 9.18 Å². The maximum Gasteiger partial charge on any atom is 0.338 e. The van der Waals surface area contributed by atoms with Crippen LogP contribution >= 0.6 is 11.3 Å². The lowest BCUT2D eigenvalue weighted by Crippen LogP contribution is -2.24. The highest BCUT2D eigenvalue weighted by molar-refractivity contribution is 7.12. The normalized spacial score (nSPS) is 10.1. The van der Waals surface area contributed by atoms with Gasteiger partial charge in [-0.15, -0.1) is 11.3 Å². The Hall–Kier alpha value is -2.21. The van der Waals surface area contributed by atoms with E-state index < -0.39 is 11.8 Å². The smallest absolute Gasteiger partial charge is 0.338 e. The van der Waals surface area contributed by atoms with Crippen molar-refractivity contribution in [2.45, 2.75) is 6.42 Å². The summed E-state index contributed by atoms with van der Waals surface area (Å²) in [6, 6.07) is 8.87. The summed E-state index contributed by atoms with van der Waals surface area (Å²) in [7, 11) is 0. The molecule has 4 nitrogen and oxygen atoms in total. The summed E-state index contributed by atoms with van der Waals surface area (Å²) < 4.78 is 17.9. The number of carbonyl (C=O) groups excluding carboxylic acids is 2. The van der Waals surface area contributed by atoms with E-state index in [1.54, 1.807) is 12.1 Å². The highest BCUT2D eigenvalue weighted by atomic mass is 32.1. The fraction of sp³-hybridized carbons (Fsp3) is 0.200. The minimum Gasteiger partial charge on any atom is -0.462 e. The van der Waals surface area contributed by atoms with Gasteiger partial charge in [0.1, 0.15) is 5.82 Å². The van der Waals surface area contributed by atoms with Crippen molar-refractivity contribution < 1.29 is 18.7 Å². The van der Waals surface area contributed by atoms with Crippen molar-refractivity contribution in [2.75, 3.05) is 13.2 Å². The Balaban J connectivity index is 1.66. The third-order valence-electron chi connectivity index (χ3n) is 2.65. The van der Waals surface area contributed by atoms with Gasteiger partial charge in [0.2, 0.25) is 0 Å². The second kappa shape index (κ2) is 7.54. The molecule has 0 aliphatic rings. The second-order valence-electron chi connectivity index (χ2n) is 4.23. The van der Waals surface area contributed by atoms with E-state index in [0.717, 1.165) is 6.07 Å². The monoisotopic (exact) mass is 307 g/mol. The molecule has 1 amide bonds. The highest BCUT2D eigenvalue weighted by Crippen LogP contribution is 2.08. The maximum absolute atomic E-state index is 12.9. The first kappa shape index (κ1) is 15.2. The van der Waals surface area contributed by atoms with Crippen LogP contribution in [0.25, 0.3) is 0 Å². The first-order valence-electron chi connectivity index (χ1n) is 6.41. The lowest BCUT2D eigenvalue weighted by Gasteiger charge is -2.06. The Bertz CT molecular complexity index is 613. The molecule has 2 aromatic rings. The molecule has 0 aliphatic heterocycles. The molecule has 0 saturated heterocycles. The van der Waals surface area contributed by atoms with Gasteiger partial charge < -0.3 is 10.1 Å². The number of carbonyl (C=O) groups is 2. The minimum atomic E-state index is -0.570. The van der Waals surface area contributed by atoms with E-state index >= 15 is 0 Å². The van der Waals surface area contributed by atoms with E-state index in [0.29, 0.717) is 17.8 Å². The molecule has 0 saturated carbocycles. The first-order chi connectivity index (χ1) is 10.2. The van der Waals surface area contributed by atoms with Crippen molar-refractivity contribution in [3.8, 4) is 0 Å². The van der Waals surface area contributed by atoms with E-state index in [1.165, 1.54) is 29.5 Å². The predicted molar refractivity (Wildman–Crippen MR) is 78.0 cm³/mol. The topological polar surface area (TPSA) is 55.4 Å². The van der Waals surface area contributed by atoms with Gasteiger partial charge in [0.25, 0.3) is 5.91 Å². The summed E-state index contributed by atoms with van der Waals surface area (Å²) in [6.07, 6.45) is 0.498. The van der Waals surface area contributed by atoms with Crippen LogP contribution in [0.4, 0.5) is 4.39 Å². The van der Waals surface area contributed by atoms with Gasteiger partial charge in [-0.2, -0.15) is 0 Å². The lowest BCUT2D eigenvalue weighted by atomic mass is 10.2. The van der Waals surface area contributed by atoms with Crippen molar-refractivity contribution in [3.05, 3.63) is 58.0 Å². The van der Waals surface area contributed by atoms with Crippen molar-refractivity contribution in [3.63, 3.8) is 0 Å². The quantitative estimate of drug-likeness (QED) is 0.659. The molecule has 0 radical (unpaired) electrons. The lowest BCUT2D eigenvalue weighted by molar-refractivity contribution is 0.0500. The molecule has 1 aromatic heterocycles. The Morgan fingerprint density at radius 3 is 2.81 bits per heavy atom. The van der Waals surface area contributed by atoms with Crippen LogP contribution < -0.4 is 5.32 Å². The first-order valence-corrected chi connectivity index (χ1v) is 7.29. The zero-order valence-corrected chi connectivity index (χ0v) is 12.0. The SMILES string of the molecule is O=C(OCCCNC(=O)c1cccs1)c1cccc(F)c1. The average molecular weight is 307 g/mol. The van der Waals surface area contributed by atoms with Gasteiger partial charge in [0.05, 0.1) is 17.0 Å². The second-order valence-corrected chi connectivity index (χ2v) is 5.18. The molecule has 0 aliphatic carbocycles. The average Bonchev–Trinajstić information content (AvgIpc) is 3.00. The largest absolute Gasteiger partial charge is 0.462 e. The van der Waals surface area contributed by atoms with Crippen LogP contribution in [-0.4, -0.2) is 25.0 Å². The van der Waals surface area contributed by atoms with Crippen molar-refractivity contribution >= 4 is 23.2 Å². The number of hydrogen-bond donors (Lipinski definition) is 1. The number of nitrogens with one attached hydrogen (secondary N) is 1. The number of thiophene rings is 1. The zero-order valence-electron chi connectivity index (χ0n) is 11.2. The predicted octanol–water partition coefficient (Wildman–Crippen LogP) is 2.86. The molecule has 110 valence electrons. The van der Waals surface area contributed by atoms with Crippen LogP contribution in [0, 0.1) is 5.82 Å². The van der Waals surface area contributed by atoms with Gasteiger partial charge >= 0.3 is 5.97 Å². The fourth-order valence-corrected chi connectivity index (χ4v) is 2.27. The van der Waals surface area contributed by atoms with Crippen LogP contribution in [0.5, 0.6) is 0 Å². The van der Waals surface area contributed by atoms with Crippen LogP contribution in [0.2, 0.25) is 0 Å². The van der Waals surface area contributed by atoms with E-state index in [1.807, 2.05) is 5.38 Å². The van der Waals surface area contributed by atoms with Gasteiger partial charge in [-0.3, -0.25) is 4.79 Å². The van der Waals surface area contributed by atoms with Gasteiger partial charge in [-0.1, -0.05) is 12.1 Å². The summed E-state index contributed by atoms with van der Waals surface area (Å²) in [6.45, 7) is 0.577. The molecule has 0 unspecified atom stereocenters. The van der Waals surface area contributed by atoms with Crippen LogP contribution in [0.3, 0.4) is 0 Å². The molecule has 1 N–H and O–H groups in total. The third-order valence-corrected chi connectivity index (χ3v) is 3.51. The Morgan fingerprint density at radius 1 is 1.24 bits per heavy atom. The minimum absolute atomic E-state index is 0.138. The standard InChI is InChI=1S/C15H14FNO3S/c16-12-5-1-4-11(10-12)15(19)20-8-3-7-17-14(18)13-6-2-9-21-13/h1-2,4-6,9-10H,3,7-8H2,(H,17,18). The number of benzene rings is 1. The van der Waals surface area contributed by atoms with E-state index in [4.69, 9.17) is 4.74 Å². The number of amides is 1. The zero-order chi connectivity index (χ0) is 15.1. The maximum atomic E-state index is 12.9. The Labute approximate surface area is 125 Å². The molecule has 0 fully saturated rings. The third kappa shape index (κ3) is 4.68. The van der Waals surface area contributed by atoms with Gasteiger partial charge in [0, 0.05) is 6.54 Å². The highest BCUT2D eigenvalue weighted by Gasteiger charge is 2.08. The van der Waals surface area contributed by atoms with E-state index in [-0.39, 0.29) is 18.1 Å². The Morgan fingerprint density at radius 2 is 2.10 bits per heavy atom. The van der Waals surface area contributed by atoms with Crippen molar-refractivity contribution in [1.29, 1.82) is 0 Å². The number of rotatable bonds is 6. The van der Waals surface area contributed by atoms with Crippen LogP contribution in [0.15, 0.2) is 41.8 Å². The molecule has 0 atom stereocenters. The summed E-state index contributed by atoms with van der Waals surface area (Å²) in [5, 5.41) is 4.56. The summed E-state index contributed by atoms with van der Waals surface area (Å²) in [5.74, 6) is -1.19. The Kier molecular flexibility index (Phi) is 5.45. The van der Waals surface area contributed by atoms with Crippen LogP contribution in [0.1, 0.15) is 26.5 Å². The van der Waals surface area contributed by atoms with Crippen molar-refractivity contribution in [1.82, 2.24) is 5.32 Å².